The molecule has 0 aliphatic carbocycles. The summed E-state index contributed by atoms with van der Waals surface area (Å²) < 4.78 is 44.1. The number of guanidine groups is 1. The Balaban J connectivity index is 1.75. The normalized spacial score (nSPS) is 17.2. The van der Waals surface area contributed by atoms with Gasteiger partial charge < -0.3 is 15.8 Å². The lowest BCUT2D eigenvalue weighted by molar-refractivity contribution is -0.137. The fraction of sp³-hybridized carbons (Fsp3) is 0.381. The molecule has 0 amide bonds. The highest BCUT2D eigenvalue weighted by Crippen LogP contribution is 2.31. The molecule has 2 aromatic rings. The monoisotopic (exact) mass is 406 g/mol. The van der Waals surface area contributed by atoms with E-state index in [-0.39, 0.29) is 12.0 Å². The highest BCUT2D eigenvalue weighted by molar-refractivity contribution is 5.92. The predicted octanol–water partition coefficient (Wildman–Crippen LogP) is 3.81. The van der Waals surface area contributed by atoms with E-state index in [1.807, 2.05) is 31.2 Å². The molecule has 1 unspecified atom stereocenters. The van der Waals surface area contributed by atoms with Gasteiger partial charge in [0.25, 0.3) is 0 Å². The number of aryl methyl sites for hydroxylation is 1. The van der Waals surface area contributed by atoms with E-state index in [9.17, 15) is 13.2 Å². The van der Waals surface area contributed by atoms with E-state index in [0.29, 0.717) is 32.8 Å². The van der Waals surface area contributed by atoms with Gasteiger partial charge in [-0.05, 0) is 36.8 Å². The number of nitrogens with two attached hydrogens (primary N) is 1. The van der Waals surface area contributed by atoms with E-state index in [4.69, 9.17) is 10.5 Å². The van der Waals surface area contributed by atoms with Gasteiger partial charge in [0, 0.05) is 18.8 Å². The average Bonchev–Trinajstić information content (AvgIpc) is 2.70. The second kappa shape index (κ2) is 9.28. The summed E-state index contributed by atoms with van der Waals surface area (Å²) in [4.78, 5) is 6.61. The third kappa shape index (κ3) is 5.95. The summed E-state index contributed by atoms with van der Waals surface area (Å²) in [5, 5.41) is 3.04. The van der Waals surface area contributed by atoms with Gasteiger partial charge in [0.1, 0.15) is 0 Å². The Labute approximate surface area is 168 Å². The highest BCUT2D eigenvalue weighted by atomic mass is 19.4. The van der Waals surface area contributed by atoms with Crippen molar-refractivity contribution in [3.05, 3.63) is 65.2 Å². The van der Waals surface area contributed by atoms with Gasteiger partial charge in [-0.15, -0.1) is 0 Å². The number of morpholine rings is 1. The largest absolute Gasteiger partial charge is 0.416 e. The molecule has 1 atom stereocenters. The number of nitrogens with zero attached hydrogens (tertiary/aromatic N) is 2. The standard InChI is InChI=1S/C21H25F3N4O/c1-15-2-8-18(9-3-15)27-20(25)26-14-19(28-10-12-29-13-11-28)16-4-6-17(7-5-16)21(22,23)24/h2-9,19H,10-14H2,1H3,(H3,25,26,27). The molecular weight excluding hydrogens is 381 g/mol. The quantitative estimate of drug-likeness (QED) is 0.586. The van der Waals surface area contributed by atoms with Crippen LogP contribution in [0.2, 0.25) is 0 Å². The molecule has 0 saturated carbocycles. The van der Waals surface area contributed by atoms with Gasteiger partial charge in [0.05, 0.1) is 31.4 Å². The minimum Gasteiger partial charge on any atom is -0.379 e. The zero-order chi connectivity index (χ0) is 20.9. The first-order valence-electron chi connectivity index (χ1n) is 9.45. The molecule has 1 saturated heterocycles. The molecule has 1 fully saturated rings. The molecule has 3 rings (SSSR count). The van der Waals surface area contributed by atoms with E-state index < -0.39 is 11.7 Å². The van der Waals surface area contributed by atoms with E-state index in [1.54, 1.807) is 0 Å². The van der Waals surface area contributed by atoms with Gasteiger partial charge in [-0.2, -0.15) is 13.2 Å². The Bertz CT molecular complexity index is 813. The van der Waals surface area contributed by atoms with E-state index in [0.717, 1.165) is 28.9 Å². The number of aliphatic imine (C=N–C) groups is 1. The van der Waals surface area contributed by atoms with Crippen LogP contribution in [-0.2, 0) is 10.9 Å². The van der Waals surface area contributed by atoms with Crippen molar-refractivity contribution in [1.29, 1.82) is 0 Å². The molecule has 0 radical (unpaired) electrons. The summed E-state index contributed by atoms with van der Waals surface area (Å²) in [6.07, 6.45) is -4.35. The van der Waals surface area contributed by atoms with Gasteiger partial charge in [-0.1, -0.05) is 29.8 Å². The molecule has 2 aromatic carbocycles. The van der Waals surface area contributed by atoms with Gasteiger partial charge in [0.15, 0.2) is 5.96 Å². The van der Waals surface area contributed by atoms with Crippen molar-refractivity contribution < 1.29 is 17.9 Å². The van der Waals surface area contributed by atoms with Crippen molar-refractivity contribution in [1.82, 2.24) is 4.90 Å². The molecule has 1 aliphatic rings. The summed E-state index contributed by atoms with van der Waals surface area (Å²) in [5.74, 6) is 0.263. The zero-order valence-electron chi connectivity index (χ0n) is 16.2. The number of hydrogen-bond acceptors (Lipinski definition) is 3. The van der Waals surface area contributed by atoms with Crippen molar-refractivity contribution in [2.45, 2.75) is 19.1 Å². The zero-order valence-corrected chi connectivity index (χ0v) is 16.2. The van der Waals surface area contributed by atoms with Crippen molar-refractivity contribution in [3.63, 3.8) is 0 Å². The lowest BCUT2D eigenvalue weighted by atomic mass is 10.0. The van der Waals surface area contributed by atoms with Crippen LogP contribution in [0.3, 0.4) is 0 Å². The molecule has 5 nitrogen and oxygen atoms in total. The molecule has 0 spiro atoms. The average molecular weight is 406 g/mol. The van der Waals surface area contributed by atoms with Gasteiger partial charge in [-0.25, -0.2) is 0 Å². The number of hydrogen-bond donors (Lipinski definition) is 2. The number of rotatable bonds is 5. The number of nitrogens with one attached hydrogen (secondary N) is 1. The Kier molecular flexibility index (Phi) is 6.76. The number of anilines is 1. The Morgan fingerprint density at radius 2 is 1.72 bits per heavy atom. The third-order valence-electron chi connectivity index (χ3n) is 4.87. The molecule has 1 heterocycles. The first-order valence-corrected chi connectivity index (χ1v) is 9.45. The molecule has 8 heteroatoms. The van der Waals surface area contributed by atoms with Crippen LogP contribution in [0.4, 0.5) is 18.9 Å². The molecule has 0 aromatic heterocycles. The Morgan fingerprint density at radius 3 is 2.31 bits per heavy atom. The highest BCUT2D eigenvalue weighted by Gasteiger charge is 2.31. The molecule has 0 bridgehead atoms. The molecule has 29 heavy (non-hydrogen) atoms. The second-order valence-electron chi connectivity index (χ2n) is 7.00. The summed E-state index contributed by atoms with van der Waals surface area (Å²) in [6.45, 7) is 4.86. The van der Waals surface area contributed by atoms with Crippen LogP contribution in [-0.4, -0.2) is 43.7 Å². The van der Waals surface area contributed by atoms with Crippen LogP contribution in [0, 0.1) is 6.92 Å². The van der Waals surface area contributed by atoms with Gasteiger partial charge in [0.2, 0.25) is 0 Å². The van der Waals surface area contributed by atoms with Crippen molar-refractivity contribution in [3.8, 4) is 0 Å². The van der Waals surface area contributed by atoms with Crippen LogP contribution in [0.15, 0.2) is 53.5 Å². The molecular formula is C21H25F3N4O. The topological polar surface area (TPSA) is 62.9 Å². The maximum absolute atomic E-state index is 12.9. The minimum atomic E-state index is -4.35. The molecule has 156 valence electrons. The fourth-order valence-electron chi connectivity index (χ4n) is 3.22. The van der Waals surface area contributed by atoms with Crippen LogP contribution in [0.1, 0.15) is 22.7 Å². The number of alkyl halides is 3. The lowest BCUT2D eigenvalue weighted by Gasteiger charge is -2.34. The minimum absolute atomic E-state index is 0.181. The maximum Gasteiger partial charge on any atom is 0.416 e. The third-order valence-corrected chi connectivity index (χ3v) is 4.87. The van der Waals surface area contributed by atoms with E-state index in [2.05, 4.69) is 15.2 Å². The number of ether oxygens (including phenoxy) is 1. The number of halogens is 3. The van der Waals surface area contributed by atoms with E-state index >= 15 is 0 Å². The summed E-state index contributed by atoms with van der Waals surface area (Å²) >= 11 is 0. The molecule has 1 aliphatic heterocycles. The summed E-state index contributed by atoms with van der Waals surface area (Å²) in [6, 6.07) is 12.8. The van der Waals surface area contributed by atoms with Gasteiger partial charge in [-0.3, -0.25) is 9.89 Å². The van der Waals surface area contributed by atoms with Crippen LogP contribution in [0.5, 0.6) is 0 Å². The summed E-state index contributed by atoms with van der Waals surface area (Å²) in [5.41, 5.74) is 8.10. The maximum atomic E-state index is 12.9. The van der Waals surface area contributed by atoms with Crippen molar-refractivity contribution in [2.24, 2.45) is 10.7 Å². The van der Waals surface area contributed by atoms with Crippen LogP contribution in [0.25, 0.3) is 0 Å². The lowest BCUT2D eigenvalue weighted by Crippen LogP contribution is -2.40. The SMILES string of the molecule is Cc1ccc(NC(N)=NCC(c2ccc(C(F)(F)F)cc2)N2CCOCC2)cc1. The van der Waals surface area contributed by atoms with Crippen LogP contribution < -0.4 is 11.1 Å². The fourth-order valence-corrected chi connectivity index (χ4v) is 3.22. The van der Waals surface area contributed by atoms with Crippen LogP contribution >= 0.6 is 0 Å². The number of benzene rings is 2. The molecule has 3 N–H and O–H groups in total. The predicted molar refractivity (Wildman–Crippen MR) is 108 cm³/mol. The van der Waals surface area contributed by atoms with Gasteiger partial charge >= 0.3 is 6.18 Å². The summed E-state index contributed by atoms with van der Waals surface area (Å²) in [7, 11) is 0. The Morgan fingerprint density at radius 1 is 1.10 bits per heavy atom. The second-order valence-corrected chi connectivity index (χ2v) is 7.00. The first kappa shape index (κ1) is 21.1. The Hall–Kier alpha value is -2.58. The first-order chi connectivity index (χ1) is 13.8. The van der Waals surface area contributed by atoms with E-state index in [1.165, 1.54) is 12.1 Å². The van der Waals surface area contributed by atoms with Crippen molar-refractivity contribution >= 4 is 11.6 Å². The smallest absolute Gasteiger partial charge is 0.379 e. The van der Waals surface area contributed by atoms with Crippen molar-refractivity contribution in [2.75, 3.05) is 38.2 Å².